The van der Waals surface area contributed by atoms with Gasteiger partial charge in [-0.1, -0.05) is 6.07 Å². The molecular weight excluding hydrogens is 426 g/mol. The number of hydrogen-bond acceptors (Lipinski definition) is 7. The molecule has 1 aromatic carbocycles. The van der Waals surface area contributed by atoms with E-state index in [4.69, 9.17) is 15.2 Å². The average Bonchev–Trinajstić information content (AvgIpc) is 3.64. The molecule has 7 heteroatoms. The van der Waals surface area contributed by atoms with Gasteiger partial charge in [-0.25, -0.2) is 4.98 Å². The smallest absolute Gasteiger partial charge is 0.149 e. The third-order valence-electron chi connectivity index (χ3n) is 7.64. The predicted octanol–water partition coefficient (Wildman–Crippen LogP) is 3.99. The lowest BCUT2D eigenvalue weighted by molar-refractivity contribution is 0.122. The normalized spacial score (nSPS) is 24.2. The van der Waals surface area contributed by atoms with Gasteiger partial charge in [-0.2, -0.15) is 0 Å². The number of anilines is 1. The standard InChI is InChI=1S/C27H33N5O2/c28-27(7-8-27)25-6-3-20(18-31-25)15-19-1-4-22(5-2-19)34-24-17-21(32-11-13-33-14-12-32)16-23-26(24)30-10-9-29-23/h3,6,9-10,16-19,22H,1-2,4-5,7-8,11-15,28H2. The second-order valence-corrected chi connectivity index (χ2v) is 10.1. The van der Waals surface area contributed by atoms with E-state index >= 15 is 0 Å². The van der Waals surface area contributed by atoms with Gasteiger partial charge in [-0.3, -0.25) is 9.97 Å². The van der Waals surface area contributed by atoms with Crippen molar-refractivity contribution in [1.82, 2.24) is 15.0 Å². The van der Waals surface area contributed by atoms with Gasteiger partial charge in [0.2, 0.25) is 0 Å². The third kappa shape index (κ3) is 4.59. The molecule has 3 aromatic rings. The SMILES string of the molecule is NC1(c2ccc(CC3CCC(Oc4cc(N5CCOCC5)cc5nccnc45)CC3)cn2)CC1. The summed E-state index contributed by atoms with van der Waals surface area (Å²) in [6.07, 6.45) is 13.4. The number of hydrogen-bond donors (Lipinski definition) is 1. The van der Waals surface area contributed by atoms with Crippen LogP contribution in [0.15, 0.2) is 42.9 Å². The first kappa shape index (κ1) is 21.7. The monoisotopic (exact) mass is 459 g/mol. The highest BCUT2D eigenvalue weighted by Crippen LogP contribution is 2.41. The van der Waals surface area contributed by atoms with Crippen LogP contribution >= 0.6 is 0 Å². The van der Waals surface area contributed by atoms with E-state index in [9.17, 15) is 0 Å². The first-order valence-electron chi connectivity index (χ1n) is 12.6. The Hall–Kier alpha value is -2.77. The second kappa shape index (κ2) is 9.12. The Kier molecular flexibility index (Phi) is 5.83. The van der Waals surface area contributed by atoms with Crippen LogP contribution in [0.5, 0.6) is 5.75 Å². The van der Waals surface area contributed by atoms with Crippen LogP contribution in [0.3, 0.4) is 0 Å². The molecule has 178 valence electrons. The molecule has 34 heavy (non-hydrogen) atoms. The van der Waals surface area contributed by atoms with Crippen LogP contribution in [0.25, 0.3) is 11.0 Å². The van der Waals surface area contributed by atoms with E-state index in [2.05, 4.69) is 44.1 Å². The number of morpholine rings is 1. The molecule has 3 aliphatic rings. The molecule has 2 aliphatic carbocycles. The Labute approximate surface area is 200 Å². The van der Waals surface area contributed by atoms with Crippen molar-refractivity contribution in [2.75, 3.05) is 31.2 Å². The number of pyridine rings is 1. The highest BCUT2D eigenvalue weighted by Gasteiger charge is 2.41. The molecule has 6 rings (SSSR count). The zero-order valence-corrected chi connectivity index (χ0v) is 19.7. The number of ether oxygens (including phenoxy) is 2. The Morgan fingerprint density at radius 1 is 1.00 bits per heavy atom. The quantitative estimate of drug-likeness (QED) is 0.596. The van der Waals surface area contributed by atoms with Gasteiger partial charge in [0.05, 0.1) is 36.1 Å². The summed E-state index contributed by atoms with van der Waals surface area (Å²) in [4.78, 5) is 16.1. The zero-order valence-electron chi connectivity index (χ0n) is 19.7. The minimum absolute atomic E-state index is 0.151. The third-order valence-corrected chi connectivity index (χ3v) is 7.64. The van der Waals surface area contributed by atoms with Crippen LogP contribution in [0.1, 0.15) is 49.8 Å². The van der Waals surface area contributed by atoms with E-state index in [0.717, 1.165) is 86.6 Å². The number of nitrogens with two attached hydrogens (primary N) is 1. The van der Waals surface area contributed by atoms with Crippen LogP contribution in [-0.4, -0.2) is 47.4 Å². The molecule has 1 aliphatic heterocycles. The van der Waals surface area contributed by atoms with Gasteiger partial charge >= 0.3 is 0 Å². The van der Waals surface area contributed by atoms with Crippen molar-refractivity contribution in [2.24, 2.45) is 11.7 Å². The van der Waals surface area contributed by atoms with Gasteiger partial charge < -0.3 is 20.1 Å². The Morgan fingerprint density at radius 2 is 1.79 bits per heavy atom. The molecule has 0 unspecified atom stereocenters. The van der Waals surface area contributed by atoms with Gasteiger partial charge in [0, 0.05) is 43.4 Å². The Balaban J connectivity index is 1.10. The molecule has 1 saturated heterocycles. The summed E-state index contributed by atoms with van der Waals surface area (Å²) >= 11 is 0. The molecule has 2 N–H and O–H groups in total. The minimum Gasteiger partial charge on any atom is -0.488 e. The van der Waals surface area contributed by atoms with Crippen molar-refractivity contribution < 1.29 is 9.47 Å². The maximum absolute atomic E-state index is 6.57. The lowest BCUT2D eigenvalue weighted by atomic mass is 9.83. The summed E-state index contributed by atoms with van der Waals surface area (Å²) < 4.78 is 12.1. The molecule has 3 heterocycles. The van der Waals surface area contributed by atoms with Crippen LogP contribution in [0, 0.1) is 5.92 Å². The predicted molar refractivity (Wildman–Crippen MR) is 132 cm³/mol. The number of rotatable bonds is 6. The summed E-state index contributed by atoms with van der Waals surface area (Å²) in [5, 5.41) is 0. The molecule has 0 amide bonds. The molecule has 0 radical (unpaired) electrons. The summed E-state index contributed by atoms with van der Waals surface area (Å²) in [5.41, 5.74) is 11.4. The van der Waals surface area contributed by atoms with Crippen LogP contribution in [0.4, 0.5) is 5.69 Å². The highest BCUT2D eigenvalue weighted by molar-refractivity contribution is 5.85. The number of aromatic nitrogens is 3. The summed E-state index contributed by atoms with van der Waals surface area (Å²) in [6.45, 7) is 3.28. The van der Waals surface area contributed by atoms with Crippen LogP contribution in [-0.2, 0) is 16.7 Å². The first-order valence-corrected chi connectivity index (χ1v) is 12.6. The maximum Gasteiger partial charge on any atom is 0.149 e. The van der Waals surface area contributed by atoms with Gasteiger partial charge in [0.15, 0.2) is 0 Å². The van der Waals surface area contributed by atoms with E-state index < -0.39 is 0 Å². The van der Waals surface area contributed by atoms with Gasteiger partial charge in [-0.05, 0) is 68.6 Å². The Bertz CT molecular complexity index is 1130. The molecule has 3 fully saturated rings. The van der Waals surface area contributed by atoms with Gasteiger partial charge in [0.1, 0.15) is 11.3 Å². The fraction of sp³-hybridized carbons (Fsp3) is 0.519. The van der Waals surface area contributed by atoms with Crippen molar-refractivity contribution in [3.63, 3.8) is 0 Å². The van der Waals surface area contributed by atoms with Crippen molar-refractivity contribution >= 4 is 16.7 Å². The van der Waals surface area contributed by atoms with Crippen molar-refractivity contribution in [3.05, 3.63) is 54.1 Å². The molecule has 2 saturated carbocycles. The first-order chi connectivity index (χ1) is 16.7. The van der Waals surface area contributed by atoms with E-state index in [1.165, 1.54) is 18.4 Å². The number of nitrogens with zero attached hydrogens (tertiary/aromatic N) is 4. The van der Waals surface area contributed by atoms with E-state index in [-0.39, 0.29) is 11.6 Å². The fourth-order valence-corrected chi connectivity index (χ4v) is 5.32. The maximum atomic E-state index is 6.57. The van der Waals surface area contributed by atoms with Gasteiger partial charge in [0.25, 0.3) is 0 Å². The van der Waals surface area contributed by atoms with Crippen LogP contribution < -0.4 is 15.4 Å². The molecule has 0 bridgehead atoms. The van der Waals surface area contributed by atoms with Crippen molar-refractivity contribution in [1.29, 1.82) is 0 Å². The van der Waals surface area contributed by atoms with E-state index in [1.54, 1.807) is 12.4 Å². The second-order valence-electron chi connectivity index (χ2n) is 10.1. The molecular formula is C27H33N5O2. The van der Waals surface area contributed by atoms with Crippen molar-refractivity contribution in [3.8, 4) is 5.75 Å². The molecule has 7 nitrogen and oxygen atoms in total. The Morgan fingerprint density at radius 3 is 2.53 bits per heavy atom. The lowest BCUT2D eigenvalue weighted by Crippen LogP contribution is -2.36. The van der Waals surface area contributed by atoms with E-state index in [1.807, 2.05) is 6.20 Å². The molecule has 0 spiro atoms. The molecule has 2 aromatic heterocycles. The summed E-state index contributed by atoms with van der Waals surface area (Å²) in [7, 11) is 0. The molecule has 0 atom stereocenters. The largest absolute Gasteiger partial charge is 0.488 e. The number of benzene rings is 1. The topological polar surface area (TPSA) is 86.4 Å². The zero-order chi connectivity index (χ0) is 23.0. The van der Waals surface area contributed by atoms with E-state index in [0.29, 0.717) is 5.92 Å². The summed E-state index contributed by atoms with van der Waals surface area (Å²) in [5.74, 6) is 1.53. The van der Waals surface area contributed by atoms with Crippen molar-refractivity contribution in [2.45, 2.75) is 56.6 Å². The van der Waals surface area contributed by atoms with Gasteiger partial charge in [-0.15, -0.1) is 0 Å². The van der Waals surface area contributed by atoms with Crippen LogP contribution in [0.2, 0.25) is 0 Å². The highest BCUT2D eigenvalue weighted by atomic mass is 16.5. The average molecular weight is 460 g/mol. The number of fused-ring (bicyclic) bond motifs is 1. The minimum atomic E-state index is -0.151. The lowest BCUT2D eigenvalue weighted by Gasteiger charge is -2.31. The fourth-order valence-electron chi connectivity index (χ4n) is 5.32. The summed E-state index contributed by atoms with van der Waals surface area (Å²) in [6, 6.07) is 8.61.